The first kappa shape index (κ1) is 17.3. The smallest absolute Gasteiger partial charge is 0.0630 e. The van der Waals surface area contributed by atoms with Crippen molar-refractivity contribution in [2.75, 3.05) is 5.32 Å². The minimum absolute atomic E-state index is 0.326. The monoisotopic (exact) mass is 389 g/mol. The molecular formula is C27H23N3. The summed E-state index contributed by atoms with van der Waals surface area (Å²) in [5, 5.41) is 5.00. The first-order valence-corrected chi connectivity index (χ1v) is 10.6. The molecule has 0 bridgehead atoms. The van der Waals surface area contributed by atoms with Crippen LogP contribution in [0.3, 0.4) is 0 Å². The Morgan fingerprint density at radius 3 is 2.63 bits per heavy atom. The van der Waals surface area contributed by atoms with Gasteiger partial charge in [-0.05, 0) is 53.8 Å². The fraction of sp³-hybridized carbons (Fsp3) is 0.148. The molecule has 0 fully saturated rings. The van der Waals surface area contributed by atoms with Gasteiger partial charge in [0, 0.05) is 22.5 Å². The summed E-state index contributed by atoms with van der Waals surface area (Å²) >= 11 is 0. The third-order valence-corrected chi connectivity index (χ3v) is 6.43. The number of nitrogens with one attached hydrogen (secondary N) is 2. The van der Waals surface area contributed by atoms with E-state index < -0.39 is 0 Å². The van der Waals surface area contributed by atoms with Crippen molar-refractivity contribution in [1.29, 1.82) is 0 Å². The molecule has 0 unspecified atom stereocenters. The topological polar surface area (TPSA) is 40.2 Å². The van der Waals surface area contributed by atoms with Crippen LogP contribution in [0.25, 0.3) is 10.9 Å². The number of para-hydroxylation sites is 2. The lowest BCUT2D eigenvalue weighted by Gasteiger charge is -2.37. The van der Waals surface area contributed by atoms with Crippen LogP contribution in [-0.2, 0) is 0 Å². The van der Waals surface area contributed by atoms with Crippen LogP contribution in [0.15, 0.2) is 96.0 Å². The Morgan fingerprint density at radius 2 is 1.73 bits per heavy atom. The minimum Gasteiger partial charge on any atom is -0.378 e. The molecule has 0 saturated carbocycles. The lowest BCUT2D eigenvalue weighted by molar-refractivity contribution is 0.425. The normalized spacial score (nSPS) is 22.2. The highest BCUT2D eigenvalue weighted by atomic mass is 15.0. The Balaban J connectivity index is 1.25. The third-order valence-electron chi connectivity index (χ3n) is 6.43. The first-order valence-electron chi connectivity index (χ1n) is 10.6. The number of nitrogens with zero attached hydrogens (tertiary/aromatic N) is 1. The molecule has 0 amide bonds. The Kier molecular flexibility index (Phi) is 4.05. The van der Waals surface area contributed by atoms with Crippen molar-refractivity contribution in [3.63, 3.8) is 0 Å². The molecule has 2 N–H and O–H groups in total. The summed E-state index contributed by atoms with van der Waals surface area (Å²) in [6, 6.07) is 28.1. The molecule has 1 aromatic heterocycles. The fourth-order valence-electron chi connectivity index (χ4n) is 4.95. The maximum atomic E-state index is 4.67. The molecule has 6 rings (SSSR count). The van der Waals surface area contributed by atoms with Crippen LogP contribution in [-0.4, -0.2) is 11.2 Å². The Hall–Kier alpha value is -3.59. The molecular weight excluding hydrogens is 366 g/mol. The van der Waals surface area contributed by atoms with Gasteiger partial charge in [-0.25, -0.2) is 0 Å². The number of allylic oxidation sites excluding steroid dienone is 2. The van der Waals surface area contributed by atoms with Gasteiger partial charge in [-0.1, -0.05) is 60.7 Å². The van der Waals surface area contributed by atoms with Crippen LogP contribution in [0.5, 0.6) is 0 Å². The van der Waals surface area contributed by atoms with E-state index in [4.69, 9.17) is 0 Å². The average molecular weight is 390 g/mol. The number of benzene rings is 3. The number of fused-ring (bicyclic) bond motifs is 4. The van der Waals surface area contributed by atoms with Crippen LogP contribution in [0, 0.1) is 5.92 Å². The van der Waals surface area contributed by atoms with E-state index in [2.05, 4.69) is 100 Å². The second-order valence-corrected chi connectivity index (χ2v) is 8.22. The highest BCUT2D eigenvalue weighted by molar-refractivity contribution is 5.90. The van der Waals surface area contributed by atoms with Gasteiger partial charge in [0.15, 0.2) is 0 Å². The number of hydrogen-bond acceptors (Lipinski definition) is 2. The maximum Gasteiger partial charge on any atom is 0.0630 e. The van der Waals surface area contributed by atoms with E-state index in [0.717, 1.165) is 23.3 Å². The largest absolute Gasteiger partial charge is 0.378 e. The Bertz CT molecular complexity index is 1230. The molecule has 0 saturated heterocycles. The fourth-order valence-corrected chi connectivity index (χ4v) is 4.95. The molecule has 30 heavy (non-hydrogen) atoms. The van der Waals surface area contributed by atoms with Crippen molar-refractivity contribution in [3.8, 4) is 0 Å². The second kappa shape index (κ2) is 7.03. The Labute approximate surface area is 176 Å². The summed E-state index contributed by atoms with van der Waals surface area (Å²) in [4.78, 5) is 8.07. The summed E-state index contributed by atoms with van der Waals surface area (Å²) in [6.45, 7) is 0. The van der Waals surface area contributed by atoms with Gasteiger partial charge in [-0.15, -0.1) is 0 Å². The summed E-state index contributed by atoms with van der Waals surface area (Å²) < 4.78 is 0. The van der Waals surface area contributed by atoms with Gasteiger partial charge in [-0.3, -0.25) is 4.99 Å². The number of hydrogen-bond donors (Lipinski definition) is 2. The van der Waals surface area contributed by atoms with Crippen LogP contribution < -0.4 is 5.32 Å². The lowest BCUT2D eigenvalue weighted by Crippen LogP contribution is -2.28. The van der Waals surface area contributed by atoms with Gasteiger partial charge in [0.25, 0.3) is 0 Å². The van der Waals surface area contributed by atoms with E-state index in [0.29, 0.717) is 17.9 Å². The average Bonchev–Trinajstić information content (AvgIpc) is 3.45. The van der Waals surface area contributed by atoms with Gasteiger partial charge in [0.1, 0.15) is 0 Å². The van der Waals surface area contributed by atoms with Crippen molar-refractivity contribution in [2.45, 2.75) is 18.4 Å². The Morgan fingerprint density at radius 1 is 0.900 bits per heavy atom. The minimum atomic E-state index is 0.326. The number of rotatable bonds is 3. The van der Waals surface area contributed by atoms with E-state index in [-0.39, 0.29) is 0 Å². The first-order chi connectivity index (χ1) is 14.8. The molecule has 2 heterocycles. The molecule has 3 aromatic carbocycles. The van der Waals surface area contributed by atoms with Gasteiger partial charge in [0.05, 0.1) is 23.6 Å². The van der Waals surface area contributed by atoms with Gasteiger partial charge < -0.3 is 10.3 Å². The molecule has 1 aliphatic heterocycles. The number of aromatic amines is 1. The van der Waals surface area contributed by atoms with E-state index >= 15 is 0 Å². The van der Waals surface area contributed by atoms with E-state index in [1.807, 2.05) is 12.3 Å². The van der Waals surface area contributed by atoms with E-state index in [1.54, 1.807) is 0 Å². The zero-order valence-corrected chi connectivity index (χ0v) is 16.6. The second-order valence-electron chi connectivity index (χ2n) is 8.22. The van der Waals surface area contributed by atoms with Crippen molar-refractivity contribution in [2.24, 2.45) is 10.9 Å². The maximum absolute atomic E-state index is 4.67. The molecule has 3 nitrogen and oxygen atoms in total. The molecule has 3 heteroatoms. The van der Waals surface area contributed by atoms with Crippen molar-refractivity contribution >= 4 is 28.5 Å². The SMILES string of the molecule is C1=C[C@@H]2c3ccccc3N[C@H](c3ccc(N=Cc4cc5ccccc5[nH]4)cc3)[C@@H]2C1. The van der Waals surface area contributed by atoms with E-state index in [1.165, 1.54) is 22.2 Å². The molecule has 146 valence electrons. The van der Waals surface area contributed by atoms with Crippen LogP contribution >= 0.6 is 0 Å². The molecule has 1 aliphatic carbocycles. The van der Waals surface area contributed by atoms with Crippen molar-refractivity contribution in [3.05, 3.63) is 108 Å². The molecule has 0 radical (unpaired) electrons. The predicted molar refractivity (Wildman–Crippen MR) is 125 cm³/mol. The number of aliphatic imine (C=N–C) groups is 1. The van der Waals surface area contributed by atoms with Crippen LogP contribution in [0.2, 0.25) is 0 Å². The summed E-state index contributed by atoms with van der Waals surface area (Å²) in [6.07, 6.45) is 7.75. The molecule has 0 spiro atoms. The zero-order valence-electron chi connectivity index (χ0n) is 16.6. The van der Waals surface area contributed by atoms with Gasteiger partial charge >= 0.3 is 0 Å². The standard InChI is InChI=1S/C27H23N3/c1-3-10-25-19(6-1)16-21(29-25)17-28-20-14-12-18(13-15-20)27-24-9-5-8-22(24)23-7-2-4-11-26(23)30-27/h1-8,10-17,22,24,27,29-30H,9H2/t22-,24-,27-/m1/s1. The molecule has 3 atom stereocenters. The highest BCUT2D eigenvalue weighted by Crippen LogP contribution is 2.49. The van der Waals surface area contributed by atoms with Gasteiger partial charge in [0.2, 0.25) is 0 Å². The van der Waals surface area contributed by atoms with Crippen molar-refractivity contribution in [1.82, 2.24) is 4.98 Å². The zero-order chi connectivity index (χ0) is 19.9. The predicted octanol–water partition coefficient (Wildman–Crippen LogP) is 6.75. The summed E-state index contributed by atoms with van der Waals surface area (Å²) in [5.41, 5.74) is 7.13. The van der Waals surface area contributed by atoms with Crippen LogP contribution in [0.4, 0.5) is 11.4 Å². The molecule has 2 aliphatic rings. The van der Waals surface area contributed by atoms with Crippen molar-refractivity contribution < 1.29 is 0 Å². The lowest BCUT2D eigenvalue weighted by atomic mass is 9.77. The number of H-pyrrole nitrogens is 1. The van der Waals surface area contributed by atoms with E-state index in [9.17, 15) is 0 Å². The third kappa shape index (κ3) is 2.94. The quantitative estimate of drug-likeness (QED) is 0.295. The number of anilines is 1. The number of aromatic nitrogens is 1. The van der Waals surface area contributed by atoms with Crippen LogP contribution in [0.1, 0.15) is 35.2 Å². The summed E-state index contributed by atoms with van der Waals surface area (Å²) in [5.74, 6) is 1.08. The van der Waals surface area contributed by atoms with Gasteiger partial charge in [-0.2, -0.15) is 0 Å². The molecule has 4 aromatic rings. The summed E-state index contributed by atoms with van der Waals surface area (Å²) in [7, 11) is 0. The highest BCUT2D eigenvalue weighted by Gasteiger charge is 2.37.